The van der Waals surface area contributed by atoms with Gasteiger partial charge in [-0.3, -0.25) is 4.57 Å². The summed E-state index contributed by atoms with van der Waals surface area (Å²) in [4.78, 5) is -0.284. The second-order valence-corrected chi connectivity index (χ2v) is 7.46. The standard InChI is InChI=1S/C15H18F4N4O3S/c1-4-23-13(20-21-14(23)26-8-15(17,18)19)10(3)22-27(24,25)11-6-5-9(2)12(16)7-11/h5-7,10,22H,4,8H2,1-3H3/t10-/m1/s1. The zero-order valence-corrected chi connectivity index (χ0v) is 15.5. The largest absolute Gasteiger partial charge is 0.454 e. The molecular formula is C15H18F4N4O3S. The molecule has 1 N–H and O–H groups in total. The van der Waals surface area contributed by atoms with Crippen molar-refractivity contribution >= 4 is 10.0 Å². The molecular weight excluding hydrogens is 392 g/mol. The van der Waals surface area contributed by atoms with E-state index < -0.39 is 34.7 Å². The van der Waals surface area contributed by atoms with Crippen LogP contribution in [0.4, 0.5) is 17.6 Å². The summed E-state index contributed by atoms with van der Waals surface area (Å²) in [6.07, 6.45) is -4.55. The first-order chi connectivity index (χ1) is 12.4. The molecule has 1 heterocycles. The van der Waals surface area contributed by atoms with Gasteiger partial charge >= 0.3 is 12.2 Å². The van der Waals surface area contributed by atoms with Crippen molar-refractivity contribution in [3.8, 4) is 6.01 Å². The van der Waals surface area contributed by atoms with Gasteiger partial charge in [0.15, 0.2) is 12.4 Å². The quantitative estimate of drug-likeness (QED) is 0.710. The van der Waals surface area contributed by atoms with Gasteiger partial charge in [0.05, 0.1) is 10.9 Å². The smallest absolute Gasteiger partial charge is 0.422 e. The molecule has 0 unspecified atom stereocenters. The van der Waals surface area contributed by atoms with Crippen LogP contribution in [-0.4, -0.2) is 36.0 Å². The van der Waals surface area contributed by atoms with Crippen molar-refractivity contribution in [1.82, 2.24) is 19.5 Å². The van der Waals surface area contributed by atoms with Gasteiger partial charge in [0.1, 0.15) is 5.82 Å². The van der Waals surface area contributed by atoms with Crippen molar-refractivity contribution < 1.29 is 30.7 Å². The molecule has 12 heteroatoms. The molecule has 1 aromatic heterocycles. The third-order valence-corrected chi connectivity index (χ3v) is 5.14. The second-order valence-electron chi connectivity index (χ2n) is 5.74. The fraction of sp³-hybridized carbons (Fsp3) is 0.467. The van der Waals surface area contributed by atoms with E-state index in [1.165, 1.54) is 30.5 Å². The van der Waals surface area contributed by atoms with Crippen LogP contribution in [0.5, 0.6) is 6.01 Å². The van der Waals surface area contributed by atoms with Gasteiger partial charge < -0.3 is 4.74 Å². The maximum Gasteiger partial charge on any atom is 0.422 e. The van der Waals surface area contributed by atoms with E-state index >= 15 is 0 Å². The average Bonchev–Trinajstić information content (AvgIpc) is 2.97. The molecule has 0 amide bonds. The van der Waals surface area contributed by atoms with E-state index in [1.54, 1.807) is 6.92 Å². The highest BCUT2D eigenvalue weighted by Gasteiger charge is 2.30. The Labute approximate surface area is 153 Å². The summed E-state index contributed by atoms with van der Waals surface area (Å²) >= 11 is 0. The number of alkyl halides is 3. The van der Waals surface area contributed by atoms with Gasteiger partial charge in [0.25, 0.3) is 0 Å². The monoisotopic (exact) mass is 410 g/mol. The van der Waals surface area contributed by atoms with E-state index in [0.717, 1.165) is 6.07 Å². The van der Waals surface area contributed by atoms with E-state index in [4.69, 9.17) is 0 Å². The Kier molecular flexibility index (Phi) is 6.10. The number of aromatic nitrogens is 3. The van der Waals surface area contributed by atoms with Gasteiger partial charge in [-0.2, -0.15) is 13.2 Å². The molecule has 2 aromatic rings. The number of aryl methyl sites for hydroxylation is 1. The molecule has 0 fully saturated rings. The zero-order chi connectivity index (χ0) is 20.4. The highest BCUT2D eigenvalue weighted by Crippen LogP contribution is 2.22. The number of sulfonamides is 1. The van der Waals surface area contributed by atoms with Crippen molar-refractivity contribution in [3.05, 3.63) is 35.4 Å². The average molecular weight is 410 g/mol. The van der Waals surface area contributed by atoms with Crippen LogP contribution in [0.25, 0.3) is 0 Å². The molecule has 0 aliphatic carbocycles. The minimum atomic E-state index is -4.55. The lowest BCUT2D eigenvalue weighted by Gasteiger charge is -2.16. The number of nitrogens with zero attached hydrogens (tertiary/aromatic N) is 3. The lowest BCUT2D eigenvalue weighted by molar-refractivity contribution is -0.155. The third-order valence-electron chi connectivity index (χ3n) is 3.60. The summed E-state index contributed by atoms with van der Waals surface area (Å²) in [5.41, 5.74) is 0.291. The first-order valence-electron chi connectivity index (χ1n) is 7.85. The zero-order valence-electron chi connectivity index (χ0n) is 14.7. The van der Waals surface area contributed by atoms with Crippen LogP contribution in [0.2, 0.25) is 0 Å². The molecule has 150 valence electrons. The fourth-order valence-corrected chi connectivity index (χ4v) is 3.48. The molecule has 0 radical (unpaired) electrons. The maximum absolute atomic E-state index is 13.6. The van der Waals surface area contributed by atoms with Gasteiger partial charge in [0, 0.05) is 6.54 Å². The Morgan fingerprint density at radius 3 is 2.52 bits per heavy atom. The van der Waals surface area contributed by atoms with Crippen LogP contribution in [0, 0.1) is 12.7 Å². The van der Waals surface area contributed by atoms with Gasteiger partial charge in [0.2, 0.25) is 10.0 Å². The molecule has 0 saturated carbocycles. The van der Waals surface area contributed by atoms with Gasteiger partial charge in [-0.05, 0) is 38.5 Å². The molecule has 0 saturated heterocycles. The molecule has 0 aliphatic heterocycles. The number of hydrogen-bond donors (Lipinski definition) is 1. The van der Waals surface area contributed by atoms with Crippen LogP contribution >= 0.6 is 0 Å². The van der Waals surface area contributed by atoms with E-state index in [0.29, 0.717) is 5.56 Å². The normalized spacial score (nSPS) is 13.6. The van der Waals surface area contributed by atoms with Crippen LogP contribution in [0.3, 0.4) is 0 Å². The summed E-state index contributed by atoms with van der Waals surface area (Å²) < 4.78 is 83.5. The Morgan fingerprint density at radius 1 is 1.30 bits per heavy atom. The number of halogens is 4. The maximum atomic E-state index is 13.6. The van der Waals surface area contributed by atoms with E-state index in [1.807, 2.05) is 0 Å². The van der Waals surface area contributed by atoms with Gasteiger partial charge in [-0.1, -0.05) is 11.2 Å². The molecule has 7 nitrogen and oxygen atoms in total. The molecule has 1 aromatic carbocycles. The summed E-state index contributed by atoms with van der Waals surface area (Å²) in [5, 5.41) is 7.25. The SMILES string of the molecule is CCn1c(OCC(F)(F)F)nnc1[C@@H](C)NS(=O)(=O)c1ccc(C)c(F)c1. The number of ether oxygens (including phenoxy) is 1. The third kappa shape index (κ3) is 5.16. The molecule has 0 bridgehead atoms. The van der Waals surface area contributed by atoms with Crippen molar-refractivity contribution in [1.29, 1.82) is 0 Å². The van der Waals surface area contributed by atoms with Crippen LogP contribution in [0.15, 0.2) is 23.1 Å². The van der Waals surface area contributed by atoms with Crippen LogP contribution in [-0.2, 0) is 16.6 Å². The summed E-state index contributed by atoms with van der Waals surface area (Å²) in [6.45, 7) is 3.15. The second kappa shape index (κ2) is 7.80. The lowest BCUT2D eigenvalue weighted by atomic mass is 10.2. The Morgan fingerprint density at radius 2 is 1.96 bits per heavy atom. The van der Waals surface area contributed by atoms with Crippen molar-refractivity contribution in [2.45, 2.75) is 44.4 Å². The van der Waals surface area contributed by atoms with Crippen LogP contribution < -0.4 is 9.46 Å². The number of hydrogen-bond acceptors (Lipinski definition) is 5. The first-order valence-corrected chi connectivity index (χ1v) is 9.34. The predicted molar refractivity (Wildman–Crippen MR) is 87.1 cm³/mol. The fourth-order valence-electron chi connectivity index (χ4n) is 2.26. The molecule has 27 heavy (non-hydrogen) atoms. The van der Waals surface area contributed by atoms with E-state index in [2.05, 4.69) is 19.7 Å². The molecule has 0 spiro atoms. The number of nitrogens with one attached hydrogen (secondary N) is 1. The minimum absolute atomic E-state index is 0.0610. The minimum Gasteiger partial charge on any atom is -0.454 e. The Hall–Kier alpha value is -2.21. The van der Waals surface area contributed by atoms with Crippen LogP contribution in [0.1, 0.15) is 31.3 Å². The van der Waals surface area contributed by atoms with Crippen molar-refractivity contribution in [3.63, 3.8) is 0 Å². The summed E-state index contributed by atoms with van der Waals surface area (Å²) in [7, 11) is -4.09. The van der Waals surface area contributed by atoms with Crippen molar-refractivity contribution in [2.24, 2.45) is 0 Å². The Balaban J connectivity index is 2.23. The summed E-state index contributed by atoms with van der Waals surface area (Å²) in [6, 6.07) is 2.13. The Bertz CT molecular complexity index is 912. The van der Waals surface area contributed by atoms with Gasteiger partial charge in [-0.15, -0.1) is 5.10 Å². The summed E-state index contributed by atoms with van der Waals surface area (Å²) in [5.74, 6) is -0.615. The predicted octanol–water partition coefficient (Wildman–Crippen LogP) is 2.73. The molecule has 0 aliphatic rings. The first kappa shape index (κ1) is 21.1. The van der Waals surface area contributed by atoms with Gasteiger partial charge in [-0.25, -0.2) is 17.5 Å². The highest BCUT2D eigenvalue weighted by molar-refractivity contribution is 7.89. The molecule has 1 atom stereocenters. The van der Waals surface area contributed by atoms with E-state index in [9.17, 15) is 26.0 Å². The number of benzene rings is 1. The van der Waals surface area contributed by atoms with E-state index in [-0.39, 0.29) is 23.3 Å². The highest BCUT2D eigenvalue weighted by atomic mass is 32.2. The lowest BCUT2D eigenvalue weighted by Crippen LogP contribution is -2.29. The topological polar surface area (TPSA) is 86.1 Å². The molecule has 2 rings (SSSR count). The number of rotatable bonds is 7. The van der Waals surface area contributed by atoms with Crippen molar-refractivity contribution in [2.75, 3.05) is 6.61 Å².